The first-order chi connectivity index (χ1) is 8.38. The third-order valence-electron chi connectivity index (χ3n) is 2.21. The van der Waals surface area contributed by atoms with Crippen LogP contribution in [0.2, 0.25) is 0 Å². The van der Waals surface area contributed by atoms with Crippen LogP contribution in [0.3, 0.4) is 0 Å². The van der Waals surface area contributed by atoms with Gasteiger partial charge in [0.2, 0.25) is 0 Å². The summed E-state index contributed by atoms with van der Waals surface area (Å²) in [5, 5.41) is 0. The molecule has 1 aromatic rings. The Hall–Kier alpha value is -1.61. The van der Waals surface area contributed by atoms with Crippen molar-refractivity contribution in [1.29, 1.82) is 0 Å². The van der Waals surface area contributed by atoms with E-state index in [2.05, 4.69) is 0 Å². The van der Waals surface area contributed by atoms with Crippen molar-refractivity contribution in [3.05, 3.63) is 42.0 Å². The Kier molecular flexibility index (Phi) is 5.10. The molecule has 18 heavy (non-hydrogen) atoms. The fourth-order valence-electron chi connectivity index (χ4n) is 1.39. The smallest absolute Gasteiger partial charge is 0.323 e. The summed E-state index contributed by atoms with van der Waals surface area (Å²) in [4.78, 5) is 11.6. The summed E-state index contributed by atoms with van der Waals surface area (Å²) < 4.78 is 5.20. The number of hydrogen-bond donors (Lipinski definition) is 1. The van der Waals surface area contributed by atoms with Gasteiger partial charge in [-0.25, -0.2) is 0 Å². The van der Waals surface area contributed by atoms with E-state index >= 15 is 0 Å². The molecule has 0 unspecified atom stereocenters. The van der Waals surface area contributed by atoms with Crippen molar-refractivity contribution < 1.29 is 9.53 Å². The molecule has 1 rings (SSSR count). The van der Waals surface area contributed by atoms with Gasteiger partial charge in [0.25, 0.3) is 0 Å². The van der Waals surface area contributed by atoms with Crippen LogP contribution in [0.25, 0.3) is 6.08 Å². The first-order valence-corrected chi connectivity index (χ1v) is 6.08. The molecule has 0 spiro atoms. The molecule has 3 heteroatoms. The van der Waals surface area contributed by atoms with Crippen LogP contribution in [0.1, 0.15) is 32.8 Å². The van der Waals surface area contributed by atoms with E-state index in [1.807, 2.05) is 63.3 Å². The second-order valence-electron chi connectivity index (χ2n) is 5.19. The minimum absolute atomic E-state index is 0.361. The zero-order valence-corrected chi connectivity index (χ0v) is 11.2. The molecule has 1 aromatic carbocycles. The Morgan fingerprint density at radius 1 is 1.33 bits per heavy atom. The second-order valence-corrected chi connectivity index (χ2v) is 5.19. The third kappa shape index (κ3) is 5.64. The topological polar surface area (TPSA) is 52.3 Å². The predicted molar refractivity (Wildman–Crippen MR) is 73.9 cm³/mol. The van der Waals surface area contributed by atoms with E-state index in [9.17, 15) is 4.79 Å². The average Bonchev–Trinajstić information content (AvgIpc) is 2.28. The molecule has 0 heterocycles. The van der Waals surface area contributed by atoms with Gasteiger partial charge in [-0.05, 0) is 32.8 Å². The van der Waals surface area contributed by atoms with Crippen molar-refractivity contribution in [1.82, 2.24) is 0 Å². The van der Waals surface area contributed by atoms with Gasteiger partial charge < -0.3 is 10.5 Å². The second kappa shape index (κ2) is 6.36. The van der Waals surface area contributed by atoms with Crippen LogP contribution in [0, 0.1) is 0 Å². The van der Waals surface area contributed by atoms with Crippen LogP contribution < -0.4 is 5.73 Å². The Balaban J connectivity index is 2.44. The summed E-state index contributed by atoms with van der Waals surface area (Å²) >= 11 is 0. The van der Waals surface area contributed by atoms with Crippen LogP contribution in [0.15, 0.2) is 36.4 Å². The van der Waals surface area contributed by atoms with Gasteiger partial charge in [-0.1, -0.05) is 42.5 Å². The molecule has 0 saturated heterocycles. The number of carbonyl (C=O) groups is 1. The molecule has 0 aliphatic carbocycles. The molecule has 0 aromatic heterocycles. The molecule has 0 aliphatic heterocycles. The molecule has 0 bridgehead atoms. The van der Waals surface area contributed by atoms with E-state index in [-0.39, 0.29) is 5.97 Å². The van der Waals surface area contributed by atoms with Crippen LogP contribution in [0.4, 0.5) is 0 Å². The SMILES string of the molecule is CC(C)(C)OC(=O)[C@H](N)C/C=C/c1ccccc1. The minimum Gasteiger partial charge on any atom is -0.459 e. The van der Waals surface area contributed by atoms with Gasteiger partial charge in [0.15, 0.2) is 0 Å². The van der Waals surface area contributed by atoms with Crippen molar-refractivity contribution in [2.45, 2.75) is 38.8 Å². The van der Waals surface area contributed by atoms with Crippen LogP contribution in [-0.2, 0) is 9.53 Å². The molecule has 2 N–H and O–H groups in total. The van der Waals surface area contributed by atoms with Gasteiger partial charge in [0, 0.05) is 0 Å². The molecular weight excluding hydrogens is 226 g/mol. The molecule has 0 fully saturated rings. The standard InChI is InChI=1S/C15H21NO2/c1-15(2,3)18-14(17)13(16)11-7-10-12-8-5-4-6-9-12/h4-10,13H,11,16H2,1-3H3/b10-7+/t13-/m1/s1. The van der Waals surface area contributed by atoms with E-state index in [1.165, 1.54) is 0 Å². The largest absolute Gasteiger partial charge is 0.459 e. The van der Waals surface area contributed by atoms with E-state index in [4.69, 9.17) is 10.5 Å². The number of benzene rings is 1. The highest BCUT2D eigenvalue weighted by atomic mass is 16.6. The predicted octanol–water partition coefficient (Wildman–Crippen LogP) is 2.76. The van der Waals surface area contributed by atoms with Gasteiger partial charge in [-0.15, -0.1) is 0 Å². The van der Waals surface area contributed by atoms with Crippen molar-refractivity contribution in [3.8, 4) is 0 Å². The highest BCUT2D eigenvalue weighted by molar-refractivity contribution is 5.76. The average molecular weight is 247 g/mol. The van der Waals surface area contributed by atoms with E-state index in [1.54, 1.807) is 0 Å². The minimum atomic E-state index is -0.607. The Morgan fingerprint density at radius 3 is 2.50 bits per heavy atom. The lowest BCUT2D eigenvalue weighted by Gasteiger charge is -2.21. The number of esters is 1. The fraction of sp³-hybridized carbons (Fsp3) is 0.400. The first kappa shape index (κ1) is 14.5. The lowest BCUT2D eigenvalue weighted by atomic mass is 10.1. The van der Waals surface area contributed by atoms with Gasteiger partial charge in [-0.2, -0.15) is 0 Å². The van der Waals surface area contributed by atoms with E-state index < -0.39 is 11.6 Å². The summed E-state index contributed by atoms with van der Waals surface area (Å²) in [7, 11) is 0. The maximum absolute atomic E-state index is 11.6. The number of ether oxygens (including phenoxy) is 1. The van der Waals surface area contributed by atoms with E-state index in [0.717, 1.165) is 5.56 Å². The summed E-state index contributed by atoms with van der Waals surface area (Å²) in [6, 6.07) is 9.28. The third-order valence-corrected chi connectivity index (χ3v) is 2.21. The highest BCUT2D eigenvalue weighted by Gasteiger charge is 2.20. The van der Waals surface area contributed by atoms with Crippen molar-refractivity contribution >= 4 is 12.0 Å². The summed E-state index contributed by atoms with van der Waals surface area (Å²) in [5.74, 6) is -0.361. The van der Waals surface area contributed by atoms with Crippen LogP contribution >= 0.6 is 0 Å². The van der Waals surface area contributed by atoms with Crippen molar-refractivity contribution in [3.63, 3.8) is 0 Å². The van der Waals surface area contributed by atoms with Gasteiger partial charge in [0.05, 0.1) is 0 Å². The maximum atomic E-state index is 11.6. The zero-order chi connectivity index (χ0) is 13.6. The van der Waals surface area contributed by atoms with Crippen molar-refractivity contribution in [2.24, 2.45) is 5.73 Å². The molecule has 0 aliphatic rings. The molecule has 0 radical (unpaired) electrons. The number of nitrogens with two attached hydrogens (primary N) is 1. The zero-order valence-electron chi connectivity index (χ0n) is 11.2. The molecule has 0 amide bonds. The van der Waals surface area contributed by atoms with E-state index in [0.29, 0.717) is 6.42 Å². The molecule has 98 valence electrons. The Morgan fingerprint density at radius 2 is 1.94 bits per heavy atom. The van der Waals surface area contributed by atoms with Gasteiger partial charge in [-0.3, -0.25) is 4.79 Å². The lowest BCUT2D eigenvalue weighted by molar-refractivity contribution is -0.156. The molecule has 0 saturated carbocycles. The van der Waals surface area contributed by atoms with Gasteiger partial charge in [0.1, 0.15) is 11.6 Å². The summed E-state index contributed by atoms with van der Waals surface area (Å²) in [6.45, 7) is 5.49. The number of hydrogen-bond acceptors (Lipinski definition) is 3. The maximum Gasteiger partial charge on any atom is 0.323 e. The number of carbonyl (C=O) groups excluding carboxylic acids is 1. The monoisotopic (exact) mass is 247 g/mol. The summed E-state index contributed by atoms with van der Waals surface area (Å²) in [5.41, 5.74) is 6.37. The lowest BCUT2D eigenvalue weighted by Crippen LogP contribution is -2.36. The van der Waals surface area contributed by atoms with Crippen LogP contribution in [-0.4, -0.2) is 17.6 Å². The molecular formula is C15H21NO2. The first-order valence-electron chi connectivity index (χ1n) is 6.08. The normalized spacial score (nSPS) is 13.6. The van der Waals surface area contributed by atoms with Gasteiger partial charge >= 0.3 is 5.97 Å². The summed E-state index contributed by atoms with van der Waals surface area (Å²) in [6.07, 6.45) is 4.32. The van der Waals surface area contributed by atoms with Crippen molar-refractivity contribution in [2.75, 3.05) is 0 Å². The number of rotatable bonds is 4. The quantitative estimate of drug-likeness (QED) is 0.832. The molecule has 3 nitrogen and oxygen atoms in total. The Bertz CT molecular complexity index is 404. The fourth-order valence-corrected chi connectivity index (χ4v) is 1.39. The molecule has 1 atom stereocenters. The highest BCUT2D eigenvalue weighted by Crippen LogP contribution is 2.09. The van der Waals surface area contributed by atoms with Crippen LogP contribution in [0.5, 0.6) is 0 Å². The Labute approximate surface area is 109 Å².